The summed E-state index contributed by atoms with van der Waals surface area (Å²) in [6, 6.07) is 10.1. The van der Waals surface area contributed by atoms with Gasteiger partial charge in [-0.1, -0.05) is 46.9 Å². The molecule has 0 saturated heterocycles. The van der Waals surface area contributed by atoms with Gasteiger partial charge in [0, 0.05) is 5.69 Å². The zero-order valence-corrected chi connectivity index (χ0v) is 12.6. The van der Waals surface area contributed by atoms with Crippen molar-refractivity contribution in [3.8, 4) is 0 Å². The van der Waals surface area contributed by atoms with Gasteiger partial charge in [-0.25, -0.2) is 0 Å². The molecule has 2 aromatic carbocycles. The van der Waals surface area contributed by atoms with Crippen molar-refractivity contribution >= 4 is 52.1 Å². The molecule has 0 heterocycles. The summed E-state index contributed by atoms with van der Waals surface area (Å²) in [7, 11) is 0. The van der Waals surface area contributed by atoms with Gasteiger partial charge in [0.1, 0.15) is 0 Å². The number of carbonyl (C=O) groups excluding carboxylic acids is 1. The number of amides is 1. The predicted molar refractivity (Wildman–Crippen MR) is 84.7 cm³/mol. The maximum absolute atomic E-state index is 11.9. The van der Waals surface area contributed by atoms with Gasteiger partial charge in [-0.05, 0) is 29.8 Å². The first kappa shape index (κ1) is 15.0. The van der Waals surface area contributed by atoms with Gasteiger partial charge in [0.2, 0.25) is 5.91 Å². The van der Waals surface area contributed by atoms with Crippen LogP contribution in [0.5, 0.6) is 0 Å². The summed E-state index contributed by atoms with van der Waals surface area (Å²) in [6.07, 6.45) is 0.219. The van der Waals surface area contributed by atoms with E-state index < -0.39 is 0 Å². The normalized spacial score (nSPS) is 10.3. The van der Waals surface area contributed by atoms with Gasteiger partial charge in [-0.3, -0.25) is 4.79 Å². The quantitative estimate of drug-likeness (QED) is 0.647. The molecule has 104 valence electrons. The molecule has 20 heavy (non-hydrogen) atoms. The molecule has 0 radical (unpaired) electrons. The maximum Gasteiger partial charge on any atom is 0.228 e. The number of hydrogen-bond acceptors (Lipinski definition) is 2. The highest BCUT2D eigenvalue weighted by Gasteiger charge is 2.10. The first-order chi connectivity index (χ1) is 9.45. The smallest absolute Gasteiger partial charge is 0.228 e. The Morgan fingerprint density at radius 2 is 1.60 bits per heavy atom. The van der Waals surface area contributed by atoms with Crippen LogP contribution in [0.2, 0.25) is 15.1 Å². The highest BCUT2D eigenvalue weighted by molar-refractivity contribution is 6.44. The Kier molecular flexibility index (Phi) is 4.76. The molecule has 0 bridgehead atoms. The first-order valence-electron chi connectivity index (χ1n) is 5.74. The molecule has 3 N–H and O–H groups in total. The van der Waals surface area contributed by atoms with E-state index in [-0.39, 0.29) is 12.3 Å². The molecule has 1 amide bonds. The molecular formula is C14H11Cl3N2O. The SMILES string of the molecule is Nc1ccc(CC(=O)Nc2cc(Cl)c(Cl)cc2Cl)cc1. The van der Waals surface area contributed by atoms with E-state index in [9.17, 15) is 4.79 Å². The van der Waals surface area contributed by atoms with Crippen LogP contribution in [0.1, 0.15) is 5.56 Å². The lowest BCUT2D eigenvalue weighted by molar-refractivity contribution is -0.115. The fraction of sp³-hybridized carbons (Fsp3) is 0.0714. The van der Waals surface area contributed by atoms with Crippen LogP contribution >= 0.6 is 34.8 Å². The minimum atomic E-state index is -0.199. The molecule has 0 aromatic heterocycles. The van der Waals surface area contributed by atoms with E-state index in [1.807, 2.05) is 0 Å². The van der Waals surface area contributed by atoms with Crippen LogP contribution in [0.4, 0.5) is 11.4 Å². The highest BCUT2D eigenvalue weighted by Crippen LogP contribution is 2.32. The Labute approximate surface area is 131 Å². The summed E-state index contributed by atoms with van der Waals surface area (Å²) in [5.41, 5.74) is 7.53. The highest BCUT2D eigenvalue weighted by atomic mass is 35.5. The molecule has 0 atom stereocenters. The number of rotatable bonds is 3. The van der Waals surface area contributed by atoms with Gasteiger partial charge < -0.3 is 11.1 Å². The number of nitrogen functional groups attached to an aromatic ring is 1. The monoisotopic (exact) mass is 328 g/mol. The van der Waals surface area contributed by atoms with Crippen LogP contribution < -0.4 is 11.1 Å². The average molecular weight is 330 g/mol. The summed E-state index contributed by atoms with van der Waals surface area (Å²) >= 11 is 17.7. The van der Waals surface area contributed by atoms with Crippen LogP contribution in [-0.2, 0) is 11.2 Å². The van der Waals surface area contributed by atoms with Gasteiger partial charge in [0.05, 0.1) is 27.2 Å². The zero-order valence-electron chi connectivity index (χ0n) is 10.3. The summed E-state index contributed by atoms with van der Waals surface area (Å²) in [4.78, 5) is 11.9. The molecule has 6 heteroatoms. The second-order valence-corrected chi connectivity index (χ2v) is 5.43. The van der Waals surface area contributed by atoms with Gasteiger partial charge in [0.25, 0.3) is 0 Å². The number of nitrogens with one attached hydrogen (secondary N) is 1. The molecule has 0 unspecified atom stereocenters. The number of anilines is 2. The van der Waals surface area contributed by atoms with E-state index in [0.29, 0.717) is 26.4 Å². The fourth-order valence-corrected chi connectivity index (χ4v) is 2.23. The lowest BCUT2D eigenvalue weighted by Crippen LogP contribution is -2.14. The van der Waals surface area contributed by atoms with E-state index in [4.69, 9.17) is 40.5 Å². The lowest BCUT2D eigenvalue weighted by atomic mass is 10.1. The summed E-state index contributed by atoms with van der Waals surface area (Å²) in [5.74, 6) is -0.199. The molecule has 0 spiro atoms. The third kappa shape index (κ3) is 3.79. The average Bonchev–Trinajstić information content (AvgIpc) is 2.39. The first-order valence-corrected chi connectivity index (χ1v) is 6.88. The molecule has 0 fully saturated rings. The van der Waals surface area contributed by atoms with Crippen molar-refractivity contribution in [1.82, 2.24) is 0 Å². The molecular weight excluding hydrogens is 319 g/mol. The van der Waals surface area contributed by atoms with Crippen molar-refractivity contribution in [1.29, 1.82) is 0 Å². The minimum absolute atomic E-state index is 0.199. The van der Waals surface area contributed by atoms with Crippen LogP contribution in [0.3, 0.4) is 0 Å². The van der Waals surface area contributed by atoms with Crippen molar-refractivity contribution in [2.45, 2.75) is 6.42 Å². The van der Waals surface area contributed by atoms with E-state index in [0.717, 1.165) is 5.56 Å². The fourth-order valence-electron chi connectivity index (χ4n) is 1.63. The van der Waals surface area contributed by atoms with Crippen molar-refractivity contribution < 1.29 is 4.79 Å². The molecule has 2 rings (SSSR count). The van der Waals surface area contributed by atoms with Gasteiger partial charge in [-0.15, -0.1) is 0 Å². The van der Waals surface area contributed by atoms with Crippen molar-refractivity contribution in [2.24, 2.45) is 0 Å². The van der Waals surface area contributed by atoms with E-state index in [1.54, 1.807) is 24.3 Å². The van der Waals surface area contributed by atoms with Crippen molar-refractivity contribution in [2.75, 3.05) is 11.1 Å². The summed E-state index contributed by atoms with van der Waals surface area (Å²) in [5, 5.41) is 3.71. The minimum Gasteiger partial charge on any atom is -0.399 e. The molecule has 0 saturated carbocycles. The van der Waals surface area contributed by atoms with E-state index in [2.05, 4.69) is 5.32 Å². The number of hydrogen-bond donors (Lipinski definition) is 2. The third-order valence-electron chi connectivity index (χ3n) is 2.63. The molecule has 0 aliphatic heterocycles. The predicted octanol–water partition coefficient (Wildman–Crippen LogP) is 4.41. The summed E-state index contributed by atoms with van der Waals surface area (Å²) < 4.78 is 0. The molecule has 0 aliphatic carbocycles. The Balaban J connectivity index is 2.08. The number of halogens is 3. The van der Waals surface area contributed by atoms with Gasteiger partial charge in [-0.2, -0.15) is 0 Å². The number of benzene rings is 2. The zero-order chi connectivity index (χ0) is 14.7. The van der Waals surface area contributed by atoms with Crippen molar-refractivity contribution in [3.05, 3.63) is 57.0 Å². The standard InChI is InChI=1S/C14H11Cl3N2O/c15-10-6-12(17)13(7-11(10)16)19-14(20)5-8-1-3-9(18)4-2-8/h1-4,6-7H,5,18H2,(H,19,20). The topological polar surface area (TPSA) is 55.1 Å². The van der Waals surface area contributed by atoms with E-state index in [1.165, 1.54) is 12.1 Å². The van der Waals surface area contributed by atoms with E-state index >= 15 is 0 Å². The second-order valence-electron chi connectivity index (χ2n) is 4.21. The number of carbonyl (C=O) groups is 1. The maximum atomic E-state index is 11.9. The van der Waals surface area contributed by atoms with Gasteiger partial charge in [0.15, 0.2) is 0 Å². The summed E-state index contributed by atoms with van der Waals surface area (Å²) in [6.45, 7) is 0. The Morgan fingerprint density at radius 3 is 2.25 bits per heavy atom. The largest absolute Gasteiger partial charge is 0.399 e. The Bertz CT molecular complexity index is 642. The molecule has 3 nitrogen and oxygen atoms in total. The van der Waals surface area contributed by atoms with Crippen LogP contribution in [-0.4, -0.2) is 5.91 Å². The van der Waals surface area contributed by atoms with Gasteiger partial charge >= 0.3 is 0 Å². The Morgan fingerprint density at radius 1 is 1.00 bits per heavy atom. The van der Waals surface area contributed by atoms with Crippen LogP contribution in [0, 0.1) is 0 Å². The number of nitrogens with two attached hydrogens (primary N) is 1. The van der Waals surface area contributed by atoms with Crippen LogP contribution in [0.25, 0.3) is 0 Å². The van der Waals surface area contributed by atoms with Crippen LogP contribution in [0.15, 0.2) is 36.4 Å². The van der Waals surface area contributed by atoms with Crippen molar-refractivity contribution in [3.63, 3.8) is 0 Å². The second kappa shape index (κ2) is 6.35. The lowest BCUT2D eigenvalue weighted by Gasteiger charge is -2.09. The molecule has 0 aliphatic rings. The Hall–Kier alpha value is -1.42. The molecule has 2 aromatic rings. The third-order valence-corrected chi connectivity index (χ3v) is 3.66.